The maximum Gasteiger partial charge on any atom is 0.270 e. The topological polar surface area (TPSA) is 71.7 Å². The molecule has 0 bridgehead atoms. The molecule has 0 unspecified atom stereocenters. The van der Waals surface area contributed by atoms with Crippen LogP contribution in [0, 0.1) is 0 Å². The molecule has 0 saturated heterocycles. The average Bonchev–Trinajstić information content (AvgIpc) is 3.04. The van der Waals surface area contributed by atoms with E-state index in [1.54, 1.807) is 18.2 Å². The van der Waals surface area contributed by atoms with Crippen LogP contribution in [0.1, 0.15) is 5.56 Å². The first kappa shape index (κ1) is 15.3. The van der Waals surface area contributed by atoms with E-state index >= 15 is 0 Å². The van der Waals surface area contributed by atoms with Crippen LogP contribution >= 0.6 is 11.3 Å². The zero-order valence-electron chi connectivity index (χ0n) is 12.9. The Morgan fingerprint density at radius 1 is 1.08 bits per heavy atom. The minimum Gasteiger partial charge on any atom is -0.493 e. The Kier molecular flexibility index (Phi) is 3.66. The number of fused-ring (bicyclic) bond motifs is 1. The zero-order valence-corrected chi connectivity index (χ0v) is 13.7. The normalized spacial score (nSPS) is 15.4. The van der Waals surface area contributed by atoms with Gasteiger partial charge in [0, 0.05) is 11.0 Å². The molecule has 1 N–H and O–H groups in total. The molecule has 3 aromatic rings. The smallest absolute Gasteiger partial charge is 0.270 e. The Hall–Kier alpha value is -3.25. The summed E-state index contributed by atoms with van der Waals surface area (Å²) in [6, 6.07) is 9.47. The number of carbonyl (C=O) groups is 1. The molecular weight excluding hydrogens is 336 g/mol. The second-order valence-electron chi connectivity index (χ2n) is 5.44. The highest BCUT2D eigenvalue weighted by Gasteiger charge is 2.17. The second-order valence-corrected chi connectivity index (χ2v) is 6.28. The van der Waals surface area contributed by atoms with E-state index in [9.17, 15) is 14.7 Å². The average molecular weight is 348 g/mol. The molecule has 0 saturated carbocycles. The molecule has 0 fully saturated rings. The number of hydrogen-bond acceptors (Lipinski definition) is 5. The summed E-state index contributed by atoms with van der Waals surface area (Å²) in [4.78, 5) is 29.4. The minimum absolute atomic E-state index is 0.00335. The molecule has 0 aliphatic heterocycles. The predicted molar refractivity (Wildman–Crippen MR) is 97.7 cm³/mol. The lowest BCUT2D eigenvalue weighted by Gasteiger charge is -2.05. The fourth-order valence-electron chi connectivity index (χ4n) is 2.64. The van der Waals surface area contributed by atoms with E-state index in [4.69, 9.17) is 0 Å². The van der Waals surface area contributed by atoms with Gasteiger partial charge in [-0.25, -0.2) is 0 Å². The number of hydrogen-bond donors (Lipinski definition) is 1. The first-order chi connectivity index (χ1) is 12.1. The van der Waals surface area contributed by atoms with E-state index in [2.05, 4.69) is 4.98 Å². The van der Waals surface area contributed by atoms with Crippen molar-refractivity contribution in [1.82, 2.24) is 9.38 Å². The number of aromatic nitrogens is 2. The summed E-state index contributed by atoms with van der Waals surface area (Å²) >= 11 is 1.27. The number of carbonyl (C=O) groups excluding carboxylic acids is 1. The van der Waals surface area contributed by atoms with Gasteiger partial charge in [0.25, 0.3) is 5.56 Å². The molecular formula is C19H12N2O3S. The maximum absolute atomic E-state index is 13.0. The number of benzene rings is 1. The molecule has 1 aliphatic carbocycles. The van der Waals surface area contributed by atoms with Gasteiger partial charge in [0.15, 0.2) is 10.7 Å². The third-order valence-electron chi connectivity index (χ3n) is 3.87. The third-order valence-corrected chi connectivity index (χ3v) is 4.70. The quantitative estimate of drug-likeness (QED) is 0.722. The Morgan fingerprint density at radius 2 is 1.84 bits per heavy atom. The lowest BCUT2D eigenvalue weighted by molar-refractivity contribution is -0.111. The van der Waals surface area contributed by atoms with Gasteiger partial charge in [-0.2, -0.15) is 4.98 Å². The first-order valence-corrected chi connectivity index (χ1v) is 8.42. The van der Waals surface area contributed by atoms with Gasteiger partial charge in [-0.3, -0.25) is 14.0 Å². The lowest BCUT2D eigenvalue weighted by Crippen LogP contribution is -2.18. The molecule has 122 valence electrons. The van der Waals surface area contributed by atoms with Crippen molar-refractivity contribution in [1.29, 1.82) is 0 Å². The van der Waals surface area contributed by atoms with Gasteiger partial charge in [0.1, 0.15) is 5.56 Å². The van der Waals surface area contributed by atoms with Gasteiger partial charge < -0.3 is 5.11 Å². The van der Waals surface area contributed by atoms with Crippen molar-refractivity contribution in [3.63, 3.8) is 0 Å². The first-order valence-electron chi connectivity index (χ1n) is 7.54. The SMILES string of the molecule is O=C1C=CC=CC1=Cc1c(O)nc2scc(-c3ccccc3)n2c1=O. The highest BCUT2D eigenvalue weighted by molar-refractivity contribution is 7.15. The second kappa shape index (κ2) is 5.99. The largest absolute Gasteiger partial charge is 0.493 e. The van der Waals surface area contributed by atoms with Crippen molar-refractivity contribution < 1.29 is 9.90 Å². The summed E-state index contributed by atoms with van der Waals surface area (Å²) in [6.07, 6.45) is 7.72. The summed E-state index contributed by atoms with van der Waals surface area (Å²) in [5.74, 6) is -0.602. The van der Waals surface area contributed by atoms with Crippen LogP contribution in [-0.2, 0) is 4.79 Å². The highest BCUT2D eigenvalue weighted by atomic mass is 32.1. The Balaban J connectivity index is 1.96. The Morgan fingerprint density at radius 3 is 2.60 bits per heavy atom. The van der Waals surface area contributed by atoms with Gasteiger partial charge in [0.2, 0.25) is 5.88 Å². The van der Waals surface area contributed by atoms with Gasteiger partial charge in [-0.1, -0.05) is 48.6 Å². The van der Waals surface area contributed by atoms with Crippen molar-refractivity contribution in [3.8, 4) is 17.1 Å². The molecule has 4 rings (SSSR count). The van der Waals surface area contributed by atoms with Gasteiger partial charge >= 0.3 is 0 Å². The van der Waals surface area contributed by atoms with Crippen molar-refractivity contribution >= 4 is 28.2 Å². The number of thiazole rings is 1. The highest BCUT2D eigenvalue weighted by Crippen LogP contribution is 2.26. The van der Waals surface area contributed by atoms with Crippen molar-refractivity contribution in [2.24, 2.45) is 0 Å². The molecule has 0 amide bonds. The third kappa shape index (κ3) is 2.62. The van der Waals surface area contributed by atoms with Crippen LogP contribution in [0.15, 0.2) is 70.4 Å². The van der Waals surface area contributed by atoms with Gasteiger partial charge in [-0.05, 0) is 17.7 Å². The summed E-state index contributed by atoms with van der Waals surface area (Å²) in [7, 11) is 0. The number of allylic oxidation sites excluding steroid dienone is 5. The van der Waals surface area contributed by atoms with Crippen LogP contribution in [0.4, 0.5) is 0 Å². The van der Waals surface area contributed by atoms with Crippen molar-refractivity contribution in [2.45, 2.75) is 0 Å². The molecule has 6 heteroatoms. The summed E-state index contributed by atoms with van der Waals surface area (Å²) in [6.45, 7) is 0. The lowest BCUT2D eigenvalue weighted by atomic mass is 10.0. The van der Waals surface area contributed by atoms with Gasteiger partial charge in [0.05, 0.1) is 5.69 Å². The van der Waals surface area contributed by atoms with Crippen LogP contribution < -0.4 is 5.56 Å². The van der Waals surface area contributed by atoms with E-state index in [0.29, 0.717) is 16.2 Å². The van der Waals surface area contributed by atoms with E-state index in [1.807, 2.05) is 35.7 Å². The van der Waals surface area contributed by atoms with Crippen LogP contribution in [0.2, 0.25) is 0 Å². The molecule has 5 nitrogen and oxygen atoms in total. The Labute approximate surface area is 146 Å². The van der Waals surface area contributed by atoms with Gasteiger partial charge in [-0.15, -0.1) is 11.3 Å². The molecule has 0 radical (unpaired) electrons. The molecule has 0 atom stereocenters. The van der Waals surface area contributed by atoms with Crippen LogP contribution in [0.3, 0.4) is 0 Å². The van der Waals surface area contributed by atoms with E-state index in [0.717, 1.165) is 5.56 Å². The number of rotatable bonds is 2. The van der Waals surface area contributed by atoms with Crippen LogP contribution in [-0.4, -0.2) is 20.3 Å². The van der Waals surface area contributed by atoms with E-state index in [1.165, 1.54) is 27.9 Å². The molecule has 1 aromatic carbocycles. The standard InChI is InChI=1S/C19H12N2O3S/c22-16-9-5-4-8-13(16)10-14-17(23)20-19-21(18(14)24)15(11-25-19)12-6-2-1-3-7-12/h1-11,23H. The van der Waals surface area contributed by atoms with E-state index < -0.39 is 5.56 Å². The molecule has 1 aliphatic rings. The zero-order chi connectivity index (χ0) is 17.4. The minimum atomic E-state index is -0.411. The summed E-state index contributed by atoms with van der Waals surface area (Å²) in [5.41, 5.74) is 1.48. The fourth-order valence-corrected chi connectivity index (χ4v) is 3.53. The summed E-state index contributed by atoms with van der Waals surface area (Å²) < 4.78 is 1.46. The molecule has 2 heterocycles. The summed E-state index contributed by atoms with van der Waals surface area (Å²) in [5, 5.41) is 12.0. The number of aromatic hydroxyl groups is 1. The predicted octanol–water partition coefficient (Wildman–Crippen LogP) is 3.21. The molecule has 25 heavy (non-hydrogen) atoms. The maximum atomic E-state index is 13.0. The number of nitrogens with zero attached hydrogens (tertiary/aromatic N) is 2. The molecule has 0 spiro atoms. The molecule has 2 aromatic heterocycles. The van der Waals surface area contributed by atoms with Crippen LogP contribution in [0.5, 0.6) is 5.88 Å². The monoisotopic (exact) mass is 348 g/mol. The van der Waals surface area contributed by atoms with Crippen molar-refractivity contribution in [3.05, 3.63) is 81.5 Å². The van der Waals surface area contributed by atoms with Crippen molar-refractivity contribution in [2.75, 3.05) is 0 Å². The Bertz CT molecular complexity index is 1130. The van der Waals surface area contributed by atoms with E-state index in [-0.39, 0.29) is 17.2 Å². The van der Waals surface area contributed by atoms with Crippen LogP contribution in [0.25, 0.3) is 22.3 Å². The number of ketones is 1. The fraction of sp³-hybridized carbons (Fsp3) is 0.